The Balaban J connectivity index is 2.15. The monoisotopic (exact) mass is 272 g/mol. The number of hydrogen-bond donors (Lipinski definition) is 0. The van der Waals surface area contributed by atoms with Crippen LogP contribution in [0.5, 0.6) is 5.75 Å². The van der Waals surface area contributed by atoms with E-state index < -0.39 is 9.04 Å². The molecule has 2 aromatic rings. The van der Waals surface area contributed by atoms with Gasteiger partial charge >= 0.3 is 0 Å². The number of nitrogens with zero attached hydrogens (tertiary/aromatic N) is 1. The number of furan rings is 1. The third kappa shape index (κ3) is 3.82. The summed E-state index contributed by atoms with van der Waals surface area (Å²) in [6.45, 7) is 6.28. The van der Waals surface area contributed by atoms with Crippen LogP contribution in [0.3, 0.4) is 0 Å². The molecule has 1 aromatic carbocycles. The van der Waals surface area contributed by atoms with Crippen LogP contribution >= 0.6 is 0 Å². The van der Waals surface area contributed by atoms with Gasteiger partial charge in [0.25, 0.3) is 9.04 Å². The van der Waals surface area contributed by atoms with E-state index in [0.29, 0.717) is 6.42 Å². The van der Waals surface area contributed by atoms with Crippen molar-refractivity contribution in [3.8, 4) is 5.75 Å². The first kappa shape index (κ1) is 13.6. The van der Waals surface area contributed by atoms with Crippen molar-refractivity contribution in [3.63, 3.8) is 0 Å². The molecular weight excluding hydrogens is 254 g/mol. The molecule has 1 radical (unpaired) electrons. The second-order valence-corrected chi connectivity index (χ2v) is 6.55. The topological polar surface area (TPSA) is 34.7 Å². The first-order valence-electron chi connectivity index (χ1n) is 6.29. The van der Waals surface area contributed by atoms with E-state index >= 15 is 0 Å². The summed E-state index contributed by atoms with van der Waals surface area (Å²) >= 11 is 0. The highest BCUT2D eigenvalue weighted by molar-refractivity contribution is 6.49. The van der Waals surface area contributed by atoms with E-state index in [4.69, 9.17) is 8.84 Å². The Morgan fingerprint density at radius 3 is 2.79 bits per heavy atom. The van der Waals surface area contributed by atoms with Gasteiger partial charge in [0.2, 0.25) is 0 Å². The van der Waals surface area contributed by atoms with Crippen molar-refractivity contribution in [1.82, 2.24) is 0 Å². The lowest BCUT2D eigenvalue weighted by molar-refractivity contribution is 0.527. The third-order valence-electron chi connectivity index (χ3n) is 2.60. The molecule has 0 amide bonds. The van der Waals surface area contributed by atoms with Gasteiger partial charge in [-0.2, -0.15) is 0 Å². The lowest BCUT2D eigenvalue weighted by atomic mass is 10.2. The van der Waals surface area contributed by atoms with Crippen LogP contribution < -0.4 is 4.43 Å². The van der Waals surface area contributed by atoms with E-state index in [2.05, 4.69) is 18.1 Å². The third-order valence-corrected chi connectivity index (χ3v) is 3.21. The van der Waals surface area contributed by atoms with Crippen LogP contribution in [0.4, 0.5) is 5.69 Å². The van der Waals surface area contributed by atoms with E-state index in [-0.39, 0.29) is 0 Å². The van der Waals surface area contributed by atoms with Gasteiger partial charge in [-0.1, -0.05) is 12.1 Å². The number of hydrogen-bond acceptors (Lipinski definition) is 3. The van der Waals surface area contributed by atoms with Crippen molar-refractivity contribution in [2.45, 2.75) is 26.4 Å². The number of para-hydroxylation sites is 1. The van der Waals surface area contributed by atoms with Crippen molar-refractivity contribution >= 4 is 20.9 Å². The molecule has 0 bridgehead atoms. The molecule has 0 aliphatic heterocycles. The largest absolute Gasteiger partial charge is 0.541 e. The fraction of sp³-hybridized carbons (Fsp3) is 0.267. The highest BCUT2D eigenvalue weighted by Crippen LogP contribution is 2.31. The van der Waals surface area contributed by atoms with E-state index in [9.17, 15) is 0 Å². The molecule has 0 saturated carbocycles. The Labute approximate surface area is 115 Å². The maximum atomic E-state index is 5.93. The highest BCUT2D eigenvalue weighted by atomic mass is 28.3. The number of rotatable bonds is 5. The van der Waals surface area contributed by atoms with Crippen molar-refractivity contribution in [1.29, 1.82) is 0 Å². The minimum Gasteiger partial charge on any atom is -0.541 e. The van der Waals surface area contributed by atoms with Gasteiger partial charge in [-0.3, -0.25) is 4.99 Å². The summed E-state index contributed by atoms with van der Waals surface area (Å²) in [5, 5.41) is 0. The summed E-state index contributed by atoms with van der Waals surface area (Å²) in [6, 6.07) is 9.85. The molecular formula is C15H18NO2Si. The van der Waals surface area contributed by atoms with Crippen LogP contribution in [-0.2, 0) is 6.42 Å². The Bertz CT molecular complexity index is 547. The SMILES string of the molecule is Cc1cccc(N=CCc2ccco2)c1O[Si](C)C. The second-order valence-electron chi connectivity index (χ2n) is 4.53. The average molecular weight is 272 g/mol. The van der Waals surface area contributed by atoms with Crippen molar-refractivity contribution in [2.24, 2.45) is 4.99 Å². The van der Waals surface area contributed by atoms with Gasteiger partial charge in [0, 0.05) is 12.6 Å². The summed E-state index contributed by atoms with van der Waals surface area (Å²) in [5.41, 5.74) is 2.01. The normalized spacial score (nSPS) is 11.4. The van der Waals surface area contributed by atoms with Gasteiger partial charge in [-0.25, -0.2) is 0 Å². The molecule has 3 nitrogen and oxygen atoms in total. The predicted molar refractivity (Wildman–Crippen MR) is 79.9 cm³/mol. The molecule has 0 aliphatic carbocycles. The fourth-order valence-electron chi connectivity index (χ4n) is 1.74. The Kier molecular flexibility index (Phi) is 4.57. The maximum absolute atomic E-state index is 5.93. The lowest BCUT2D eigenvalue weighted by Crippen LogP contribution is -2.12. The van der Waals surface area contributed by atoms with Gasteiger partial charge < -0.3 is 8.84 Å². The standard InChI is InChI=1S/C15H18NO2Si/c1-12-6-4-8-14(15(12)18-19(2)3)16-10-9-13-7-5-11-17-13/h4-8,10-11H,9H2,1-3H3. The maximum Gasteiger partial charge on any atom is 0.274 e. The van der Waals surface area contributed by atoms with Crippen molar-refractivity contribution in [2.75, 3.05) is 0 Å². The fourth-order valence-corrected chi connectivity index (χ4v) is 2.41. The summed E-state index contributed by atoms with van der Waals surface area (Å²) in [4.78, 5) is 4.50. The van der Waals surface area contributed by atoms with Crippen molar-refractivity contribution < 1.29 is 8.84 Å². The van der Waals surface area contributed by atoms with Gasteiger partial charge in [-0.15, -0.1) is 0 Å². The molecule has 19 heavy (non-hydrogen) atoms. The van der Waals surface area contributed by atoms with Gasteiger partial charge in [0.1, 0.15) is 17.2 Å². The minimum absolute atomic E-state index is 0.691. The average Bonchev–Trinajstić information content (AvgIpc) is 2.86. The Morgan fingerprint density at radius 2 is 2.11 bits per heavy atom. The molecule has 1 heterocycles. The van der Waals surface area contributed by atoms with Crippen molar-refractivity contribution in [3.05, 3.63) is 47.9 Å². The molecule has 99 valence electrons. The second kappa shape index (κ2) is 6.38. The van der Waals surface area contributed by atoms with Crippen LogP contribution in [0.2, 0.25) is 13.1 Å². The molecule has 2 rings (SSSR count). The van der Waals surface area contributed by atoms with Gasteiger partial charge in [-0.05, 0) is 43.8 Å². The first-order valence-corrected chi connectivity index (χ1v) is 8.70. The molecule has 0 aliphatic rings. The van der Waals surface area contributed by atoms with E-state index in [1.165, 1.54) is 0 Å². The van der Waals surface area contributed by atoms with Crippen LogP contribution in [-0.4, -0.2) is 15.3 Å². The van der Waals surface area contributed by atoms with E-state index in [0.717, 1.165) is 22.8 Å². The zero-order chi connectivity index (χ0) is 13.7. The summed E-state index contributed by atoms with van der Waals surface area (Å²) in [5.74, 6) is 1.81. The minimum atomic E-state index is -0.791. The van der Waals surface area contributed by atoms with Gasteiger partial charge in [0.15, 0.2) is 0 Å². The van der Waals surface area contributed by atoms with E-state index in [1.807, 2.05) is 43.5 Å². The van der Waals surface area contributed by atoms with E-state index in [1.54, 1.807) is 6.26 Å². The summed E-state index contributed by atoms with van der Waals surface area (Å²) < 4.78 is 11.2. The van der Waals surface area contributed by atoms with Gasteiger partial charge in [0.05, 0.1) is 6.26 Å². The smallest absolute Gasteiger partial charge is 0.274 e. The van der Waals surface area contributed by atoms with Crippen LogP contribution in [0.25, 0.3) is 0 Å². The quantitative estimate of drug-likeness (QED) is 0.605. The number of benzene rings is 1. The number of aliphatic imine (C=N–C) groups is 1. The summed E-state index contributed by atoms with van der Waals surface area (Å²) in [6.07, 6.45) is 4.22. The van der Waals surface area contributed by atoms with Crippen LogP contribution in [0.15, 0.2) is 46.0 Å². The molecule has 0 N–H and O–H groups in total. The molecule has 1 aromatic heterocycles. The molecule has 0 atom stereocenters. The highest BCUT2D eigenvalue weighted by Gasteiger charge is 2.08. The molecule has 0 spiro atoms. The summed E-state index contributed by atoms with van der Waals surface area (Å²) in [7, 11) is -0.791. The number of aryl methyl sites for hydroxylation is 1. The Hall–Kier alpha value is -1.81. The molecule has 0 fully saturated rings. The molecule has 4 heteroatoms. The molecule has 0 unspecified atom stereocenters. The zero-order valence-corrected chi connectivity index (χ0v) is 12.5. The van der Waals surface area contributed by atoms with Crippen LogP contribution in [0, 0.1) is 6.92 Å². The lowest BCUT2D eigenvalue weighted by Gasteiger charge is -2.13. The Morgan fingerprint density at radius 1 is 1.26 bits per heavy atom. The van der Waals surface area contributed by atoms with Crippen LogP contribution in [0.1, 0.15) is 11.3 Å². The molecule has 0 saturated heterocycles. The predicted octanol–water partition coefficient (Wildman–Crippen LogP) is 4.16. The first-order chi connectivity index (χ1) is 9.16. The zero-order valence-electron chi connectivity index (χ0n) is 11.5.